The second-order valence-electron chi connectivity index (χ2n) is 28.0. The van der Waals surface area contributed by atoms with Gasteiger partial charge >= 0.3 is 11.9 Å². The van der Waals surface area contributed by atoms with Crippen molar-refractivity contribution in [1.82, 2.24) is 0 Å². The van der Waals surface area contributed by atoms with Gasteiger partial charge in [-0.05, 0) is 123 Å². The molecule has 9 rings (SSSR count). The van der Waals surface area contributed by atoms with Crippen molar-refractivity contribution < 1.29 is 119 Å². The Balaban J connectivity index is 1.08. The summed E-state index contributed by atoms with van der Waals surface area (Å²) in [5.74, 6) is -3.24. The van der Waals surface area contributed by atoms with Gasteiger partial charge in [0.25, 0.3) is 0 Å². The highest BCUT2D eigenvalue weighted by molar-refractivity contribution is 5.87. The molecule has 5 aliphatic carbocycles. The number of ether oxygens (including phenoxy) is 8. The molecule has 4 saturated carbocycles. The number of carboxylic acid groups (broad SMARTS) is 1. The summed E-state index contributed by atoms with van der Waals surface area (Å²) in [4.78, 5) is 26.9. The molecule has 0 radical (unpaired) electrons. The predicted octanol–water partition coefficient (Wildman–Crippen LogP) is -0.710. The maximum absolute atomic E-state index is 13.5. The van der Waals surface area contributed by atoms with Crippen LogP contribution in [0.3, 0.4) is 0 Å². The third-order valence-electron chi connectivity index (χ3n) is 22.8. The van der Waals surface area contributed by atoms with Gasteiger partial charge in [-0.25, -0.2) is 9.59 Å². The highest BCUT2D eigenvalue weighted by Crippen LogP contribution is 2.76. The molecule has 0 bridgehead atoms. The molecular weight excluding hydrogens is 1090 g/mol. The van der Waals surface area contributed by atoms with Crippen LogP contribution in [0.1, 0.15) is 121 Å². The SMILES string of the molecule is C/C=C(/C)C(=O)O[C@@H]1CC(C)(C)C[C@H]2C3=CC[C@@H]4[C@@]5(C)CC[C@H]([C@H]6O[C@@H](C(=O)O)[C@H](O)[C@H](O[C@H]7O[C@@H](CO)[C@@H](O)[C@H](O)[C@H]7O[C@H]7O[C@H](C)[C@@H](O)[C@H](O)[C@H]7O)C6O[C@H]6O[C@@H](CO)[C@H](O)[C@H](O)[C@H]6O)C(C)(C)[C@H]5CC[C@]4(C)[C@@]3(C)C[C@H](O)[C@]12CO. The monoisotopic (exact) mass is 1190 g/mol. The number of aliphatic carboxylic acids is 1. The van der Waals surface area contributed by atoms with E-state index >= 15 is 0 Å². The summed E-state index contributed by atoms with van der Waals surface area (Å²) < 4.78 is 49.5. The van der Waals surface area contributed by atoms with Gasteiger partial charge < -0.3 is 109 Å². The highest BCUT2D eigenvalue weighted by Gasteiger charge is 2.73. The largest absolute Gasteiger partial charge is 0.479 e. The van der Waals surface area contributed by atoms with Crippen molar-refractivity contribution in [2.75, 3.05) is 19.8 Å². The smallest absolute Gasteiger partial charge is 0.335 e. The first-order valence-electron chi connectivity index (χ1n) is 29.7. The van der Waals surface area contributed by atoms with Gasteiger partial charge in [-0.2, -0.15) is 0 Å². The number of rotatable bonds is 13. The summed E-state index contributed by atoms with van der Waals surface area (Å²) in [7, 11) is 0. The third kappa shape index (κ3) is 10.5. The van der Waals surface area contributed by atoms with Gasteiger partial charge in [0, 0.05) is 5.57 Å². The zero-order valence-corrected chi connectivity index (χ0v) is 49.3. The minimum absolute atomic E-state index is 0.0119. The Morgan fingerprint density at radius 3 is 1.83 bits per heavy atom. The van der Waals surface area contributed by atoms with E-state index in [2.05, 4.69) is 54.5 Å². The van der Waals surface area contributed by atoms with Gasteiger partial charge in [0.1, 0.15) is 91.6 Å². The first kappa shape index (κ1) is 65.1. The summed E-state index contributed by atoms with van der Waals surface area (Å²) in [6, 6.07) is 0. The van der Waals surface area contributed by atoms with Crippen LogP contribution in [-0.2, 0) is 47.5 Å². The number of esters is 1. The Labute approximate surface area is 484 Å². The molecule has 1 unspecified atom stereocenters. The Hall–Kier alpha value is -2.38. The summed E-state index contributed by atoms with van der Waals surface area (Å²) in [6.07, 6.45) is -29.9. The van der Waals surface area contributed by atoms with Crippen LogP contribution in [0.5, 0.6) is 0 Å². The summed E-state index contributed by atoms with van der Waals surface area (Å²) in [5, 5.41) is 156. The van der Waals surface area contributed by atoms with Crippen molar-refractivity contribution in [1.29, 1.82) is 0 Å². The normalized spacial score (nSPS) is 52.4. The molecule has 14 N–H and O–H groups in total. The van der Waals surface area contributed by atoms with Crippen LogP contribution >= 0.6 is 0 Å². The maximum Gasteiger partial charge on any atom is 0.335 e. The fraction of sp³-hybridized carbons (Fsp3) is 0.898. The molecule has 4 heterocycles. The van der Waals surface area contributed by atoms with Crippen molar-refractivity contribution in [3.8, 4) is 0 Å². The Morgan fingerprint density at radius 1 is 0.651 bits per heavy atom. The lowest BCUT2D eigenvalue weighted by molar-refractivity contribution is -0.393. The average molecular weight is 1190 g/mol. The van der Waals surface area contributed by atoms with E-state index in [0.717, 1.165) is 5.57 Å². The second-order valence-corrected chi connectivity index (χ2v) is 28.0. The van der Waals surface area contributed by atoms with Gasteiger partial charge in [0.15, 0.2) is 25.0 Å². The first-order valence-corrected chi connectivity index (χ1v) is 29.7. The second kappa shape index (κ2) is 23.5. The van der Waals surface area contributed by atoms with Gasteiger partial charge in [-0.15, -0.1) is 0 Å². The lowest BCUT2D eigenvalue weighted by Crippen LogP contribution is -2.71. The van der Waals surface area contributed by atoms with Crippen LogP contribution < -0.4 is 0 Å². The maximum atomic E-state index is 13.5. The molecule has 9 aliphatic rings. The molecule has 30 atom stereocenters. The fourth-order valence-electron chi connectivity index (χ4n) is 17.8. The van der Waals surface area contributed by atoms with Crippen molar-refractivity contribution in [2.45, 2.75) is 255 Å². The Kier molecular flexibility index (Phi) is 18.4. The molecule has 0 aromatic heterocycles. The Bertz CT molecular complexity index is 2400. The molecule has 474 valence electrons. The van der Waals surface area contributed by atoms with Gasteiger partial charge in [0.2, 0.25) is 0 Å². The van der Waals surface area contributed by atoms with Crippen LogP contribution in [0.25, 0.3) is 0 Å². The topological polar surface area (TPSA) is 391 Å². The van der Waals surface area contributed by atoms with Gasteiger partial charge in [-0.1, -0.05) is 66.2 Å². The minimum Gasteiger partial charge on any atom is -0.479 e. The number of fused-ring (bicyclic) bond motifs is 7. The summed E-state index contributed by atoms with van der Waals surface area (Å²) in [5.41, 5.74) is -2.12. The molecule has 0 spiro atoms. The van der Waals surface area contributed by atoms with E-state index in [9.17, 15) is 81.1 Å². The quantitative estimate of drug-likeness (QED) is 0.0615. The number of carbonyl (C=O) groups excluding carboxylic acids is 1. The van der Waals surface area contributed by atoms with E-state index in [1.54, 1.807) is 19.9 Å². The average Bonchev–Trinajstić information content (AvgIpc) is 0.896. The number of allylic oxidation sites excluding steroid dienone is 3. The van der Waals surface area contributed by atoms with E-state index < -0.39 is 193 Å². The van der Waals surface area contributed by atoms with Crippen LogP contribution in [0.15, 0.2) is 23.3 Å². The van der Waals surface area contributed by atoms with Crippen molar-refractivity contribution >= 4 is 11.9 Å². The number of aliphatic hydroxyl groups excluding tert-OH is 13. The zero-order chi connectivity index (χ0) is 61.2. The molecule has 24 heteroatoms. The number of carboxylic acids is 1. The molecule has 0 aromatic rings. The fourth-order valence-corrected chi connectivity index (χ4v) is 17.8. The molecule has 4 saturated heterocycles. The van der Waals surface area contributed by atoms with Crippen LogP contribution in [-0.4, -0.2) is 238 Å². The van der Waals surface area contributed by atoms with Crippen LogP contribution in [0.2, 0.25) is 0 Å². The summed E-state index contributed by atoms with van der Waals surface area (Å²) >= 11 is 0. The first-order chi connectivity index (χ1) is 38.7. The number of aliphatic hydroxyl groups is 13. The van der Waals surface area contributed by atoms with Crippen molar-refractivity contribution in [2.24, 2.45) is 56.2 Å². The van der Waals surface area contributed by atoms with Crippen LogP contribution in [0, 0.1) is 56.2 Å². The molecular formula is C59H94O24. The van der Waals surface area contributed by atoms with E-state index in [0.29, 0.717) is 56.9 Å². The molecule has 83 heavy (non-hydrogen) atoms. The molecule has 0 amide bonds. The van der Waals surface area contributed by atoms with Crippen LogP contribution in [0.4, 0.5) is 0 Å². The number of carbonyl (C=O) groups is 2. The number of hydrogen-bond donors (Lipinski definition) is 14. The lowest BCUT2D eigenvalue weighted by Gasteiger charge is -2.72. The zero-order valence-electron chi connectivity index (χ0n) is 49.3. The van der Waals surface area contributed by atoms with Gasteiger partial charge in [-0.3, -0.25) is 0 Å². The number of hydrogen-bond acceptors (Lipinski definition) is 23. The van der Waals surface area contributed by atoms with E-state index in [1.165, 1.54) is 6.92 Å². The minimum atomic E-state index is -2.20. The molecule has 0 aromatic carbocycles. The van der Waals surface area contributed by atoms with Gasteiger partial charge in [0.05, 0.1) is 43.5 Å². The molecule has 4 aliphatic heterocycles. The van der Waals surface area contributed by atoms with E-state index in [4.69, 9.17) is 37.9 Å². The lowest BCUT2D eigenvalue weighted by atomic mass is 9.32. The predicted molar refractivity (Wildman–Crippen MR) is 287 cm³/mol. The van der Waals surface area contributed by atoms with E-state index in [1.807, 2.05) is 0 Å². The van der Waals surface area contributed by atoms with E-state index in [-0.39, 0.29) is 29.8 Å². The third-order valence-corrected chi connectivity index (χ3v) is 22.8. The molecule has 8 fully saturated rings. The highest BCUT2D eigenvalue weighted by atomic mass is 16.8. The standard InChI is InChI=1S/C59H94O24/c1-11-24(2)50(75)79-34-20-54(4,5)18-28-26-12-13-32-56(8)16-14-27(55(6,7)31(56)15-17-57(32,9)58(26,10)19-33(63)59(28,34)23-62)44-48(83-52-42(71)39(68)36(65)29(21-60)77-52)45(43(72)46(80-44)49(73)74)81-53-47(40(69)37(66)30(22-61)78-53)82-51-41(70)38(67)35(64)25(3)76-51/h11-12,25,27-48,51-53,60-72H,13-23H2,1-10H3,(H,73,74)/b24-11-/t25-,27-,28+,29+,30+,31-,32-,33+,34-,35-,36+,37-,38+,39+,40+,41-,42-,43-,44-,45+,46-,47-,48?,51-,52-,53-,56+,57+,58+,59-/m1/s1. The van der Waals surface area contributed by atoms with Crippen molar-refractivity contribution in [3.05, 3.63) is 23.3 Å². The molecule has 24 nitrogen and oxygen atoms in total. The summed E-state index contributed by atoms with van der Waals surface area (Å²) in [6.45, 7) is 17.9. The Morgan fingerprint density at radius 2 is 1.23 bits per heavy atom. The van der Waals surface area contributed by atoms with Crippen molar-refractivity contribution in [3.63, 3.8) is 0 Å².